The lowest BCUT2D eigenvalue weighted by Crippen LogP contribution is -2.53. The van der Waals surface area contributed by atoms with Gasteiger partial charge in [0.15, 0.2) is 0 Å². The number of nitrogens with one attached hydrogen (secondary N) is 2. The summed E-state index contributed by atoms with van der Waals surface area (Å²) in [6.45, 7) is 4.24. The number of fused-ring (bicyclic) bond motifs is 1. The Bertz CT molecular complexity index is 738. The smallest absolute Gasteiger partial charge is 0.270 e. The van der Waals surface area contributed by atoms with Crippen LogP contribution in [0.3, 0.4) is 0 Å². The van der Waals surface area contributed by atoms with Crippen LogP contribution in [0, 0.1) is 5.92 Å². The summed E-state index contributed by atoms with van der Waals surface area (Å²) in [5.41, 5.74) is 1.60. The summed E-state index contributed by atoms with van der Waals surface area (Å²) in [5, 5.41) is 4.35. The zero-order chi connectivity index (χ0) is 17.2. The van der Waals surface area contributed by atoms with Crippen molar-refractivity contribution in [2.45, 2.75) is 12.8 Å². The Labute approximate surface area is 147 Å². The number of nitrogens with zero attached hydrogens (tertiary/aromatic N) is 2. The maximum Gasteiger partial charge on any atom is 0.270 e. The highest BCUT2D eigenvalue weighted by Crippen LogP contribution is 2.18. The van der Waals surface area contributed by atoms with Crippen molar-refractivity contribution in [1.29, 1.82) is 0 Å². The van der Waals surface area contributed by atoms with Crippen molar-refractivity contribution in [2.24, 2.45) is 5.92 Å². The van der Waals surface area contributed by atoms with Crippen molar-refractivity contribution in [1.82, 2.24) is 20.1 Å². The summed E-state index contributed by atoms with van der Waals surface area (Å²) >= 11 is 0. The first-order valence-corrected chi connectivity index (χ1v) is 9.09. The first kappa shape index (κ1) is 16.1. The largest absolute Gasteiger partial charge is 0.351 e. The van der Waals surface area contributed by atoms with Crippen molar-refractivity contribution in [3.63, 3.8) is 0 Å². The molecule has 0 aliphatic carbocycles. The summed E-state index contributed by atoms with van der Waals surface area (Å²) in [6, 6.07) is 9.80. The number of aromatic amines is 1. The standard InChI is InChI=1S/C19H24N4O2/c24-18(15-5-3-7-20-13-15)22-8-10-23(11-9-22)19(25)17-12-14-4-1-2-6-16(14)21-17/h1-2,4,6,12,15,20-21H,3,5,7-11,13H2. The van der Waals surface area contributed by atoms with Gasteiger partial charge < -0.3 is 20.1 Å². The van der Waals surface area contributed by atoms with Crippen LogP contribution in [0.2, 0.25) is 0 Å². The van der Waals surface area contributed by atoms with E-state index in [0.29, 0.717) is 31.9 Å². The van der Waals surface area contributed by atoms with Crippen LogP contribution in [0.4, 0.5) is 0 Å². The SMILES string of the molecule is O=C(c1cc2ccccc2[nH]1)N1CCN(C(=O)C2CCCNC2)CC1. The fraction of sp³-hybridized carbons (Fsp3) is 0.474. The van der Waals surface area contributed by atoms with Gasteiger partial charge in [-0.05, 0) is 31.5 Å². The first-order chi connectivity index (χ1) is 12.2. The molecule has 2 aliphatic rings. The molecule has 6 nitrogen and oxygen atoms in total. The maximum absolute atomic E-state index is 12.7. The number of hydrogen-bond donors (Lipinski definition) is 2. The van der Waals surface area contributed by atoms with Gasteiger partial charge in [0.2, 0.25) is 5.91 Å². The van der Waals surface area contributed by atoms with Crippen LogP contribution < -0.4 is 5.32 Å². The number of benzene rings is 1. The number of hydrogen-bond acceptors (Lipinski definition) is 3. The van der Waals surface area contributed by atoms with E-state index in [1.54, 1.807) is 0 Å². The molecule has 0 bridgehead atoms. The molecule has 2 aliphatic heterocycles. The summed E-state index contributed by atoms with van der Waals surface area (Å²) in [5.74, 6) is 0.359. The zero-order valence-corrected chi connectivity index (χ0v) is 14.3. The second kappa shape index (κ2) is 6.88. The predicted octanol–water partition coefficient (Wildman–Crippen LogP) is 1.45. The molecule has 0 radical (unpaired) electrons. The maximum atomic E-state index is 12.7. The molecule has 0 spiro atoms. The molecule has 1 atom stereocenters. The number of carbonyl (C=O) groups excluding carboxylic acids is 2. The lowest BCUT2D eigenvalue weighted by molar-refractivity contribution is -0.137. The minimum absolute atomic E-state index is 0.0163. The summed E-state index contributed by atoms with van der Waals surface area (Å²) in [7, 11) is 0. The second-order valence-electron chi connectivity index (χ2n) is 6.93. The van der Waals surface area contributed by atoms with Crippen molar-refractivity contribution >= 4 is 22.7 Å². The highest BCUT2D eigenvalue weighted by atomic mass is 16.2. The Hall–Kier alpha value is -2.34. The fourth-order valence-electron chi connectivity index (χ4n) is 3.81. The van der Waals surface area contributed by atoms with Gasteiger partial charge in [0.1, 0.15) is 5.69 Å². The molecular weight excluding hydrogens is 316 g/mol. The van der Waals surface area contributed by atoms with Gasteiger partial charge in [-0.1, -0.05) is 18.2 Å². The van der Waals surface area contributed by atoms with Crippen LogP contribution in [0.25, 0.3) is 10.9 Å². The van der Waals surface area contributed by atoms with Gasteiger partial charge in [-0.2, -0.15) is 0 Å². The topological polar surface area (TPSA) is 68.4 Å². The summed E-state index contributed by atoms with van der Waals surface area (Å²) in [4.78, 5) is 32.3. The van der Waals surface area contributed by atoms with Crippen molar-refractivity contribution in [3.05, 3.63) is 36.0 Å². The molecule has 1 aromatic heterocycles. The second-order valence-corrected chi connectivity index (χ2v) is 6.93. The van der Waals surface area contributed by atoms with Gasteiger partial charge in [0.05, 0.1) is 5.92 Å². The molecule has 1 aromatic carbocycles. The van der Waals surface area contributed by atoms with E-state index in [-0.39, 0.29) is 17.7 Å². The molecular formula is C19H24N4O2. The monoisotopic (exact) mass is 340 g/mol. The van der Waals surface area contributed by atoms with E-state index >= 15 is 0 Å². The minimum atomic E-state index is 0.0163. The molecule has 4 rings (SSSR count). The van der Waals surface area contributed by atoms with E-state index in [4.69, 9.17) is 0 Å². The quantitative estimate of drug-likeness (QED) is 0.869. The van der Waals surface area contributed by atoms with Gasteiger partial charge in [-0.15, -0.1) is 0 Å². The van der Waals surface area contributed by atoms with Crippen LogP contribution in [0.1, 0.15) is 23.3 Å². The number of H-pyrrole nitrogens is 1. The van der Waals surface area contributed by atoms with Crippen molar-refractivity contribution in [3.8, 4) is 0 Å². The Kier molecular flexibility index (Phi) is 4.44. The third kappa shape index (κ3) is 3.26. The lowest BCUT2D eigenvalue weighted by Gasteiger charge is -2.37. The molecule has 3 heterocycles. The summed E-state index contributed by atoms with van der Waals surface area (Å²) in [6.07, 6.45) is 2.04. The number of amides is 2. The molecule has 132 valence electrons. The fourth-order valence-corrected chi connectivity index (χ4v) is 3.81. The van der Waals surface area contributed by atoms with E-state index in [2.05, 4.69) is 10.3 Å². The van der Waals surface area contributed by atoms with Crippen molar-refractivity contribution < 1.29 is 9.59 Å². The minimum Gasteiger partial charge on any atom is -0.351 e. The highest BCUT2D eigenvalue weighted by Gasteiger charge is 2.30. The van der Waals surface area contributed by atoms with Gasteiger partial charge in [0.25, 0.3) is 5.91 Å². The van der Waals surface area contributed by atoms with Crippen LogP contribution in [0.5, 0.6) is 0 Å². The Balaban J connectivity index is 1.37. The molecule has 2 amide bonds. The van der Waals surface area contributed by atoms with Gasteiger partial charge in [-0.25, -0.2) is 0 Å². The van der Waals surface area contributed by atoms with Crippen LogP contribution in [-0.2, 0) is 4.79 Å². The van der Waals surface area contributed by atoms with E-state index in [0.717, 1.165) is 36.8 Å². The molecule has 2 saturated heterocycles. The number of piperazine rings is 1. The highest BCUT2D eigenvalue weighted by molar-refractivity contribution is 5.98. The number of para-hydroxylation sites is 1. The van der Waals surface area contributed by atoms with E-state index in [1.807, 2.05) is 40.1 Å². The third-order valence-electron chi connectivity index (χ3n) is 5.29. The molecule has 6 heteroatoms. The lowest BCUT2D eigenvalue weighted by atomic mass is 9.98. The molecule has 25 heavy (non-hydrogen) atoms. The Morgan fingerprint density at radius 1 is 1.04 bits per heavy atom. The zero-order valence-electron chi connectivity index (χ0n) is 14.3. The van der Waals surface area contributed by atoms with Crippen LogP contribution in [0.15, 0.2) is 30.3 Å². The first-order valence-electron chi connectivity index (χ1n) is 9.09. The van der Waals surface area contributed by atoms with E-state index in [1.165, 1.54) is 0 Å². The van der Waals surface area contributed by atoms with Gasteiger partial charge >= 0.3 is 0 Å². The normalized spacial score (nSPS) is 21.5. The molecule has 0 saturated carbocycles. The summed E-state index contributed by atoms with van der Waals surface area (Å²) < 4.78 is 0. The van der Waals surface area contributed by atoms with Gasteiger partial charge in [-0.3, -0.25) is 9.59 Å². The van der Waals surface area contributed by atoms with E-state index in [9.17, 15) is 9.59 Å². The van der Waals surface area contributed by atoms with E-state index < -0.39 is 0 Å². The van der Waals surface area contributed by atoms with Crippen molar-refractivity contribution in [2.75, 3.05) is 39.3 Å². The number of piperidine rings is 1. The average molecular weight is 340 g/mol. The Morgan fingerprint density at radius 3 is 2.52 bits per heavy atom. The van der Waals surface area contributed by atoms with Crippen LogP contribution >= 0.6 is 0 Å². The molecule has 2 fully saturated rings. The number of rotatable bonds is 2. The molecule has 2 N–H and O–H groups in total. The predicted molar refractivity (Wildman–Crippen MR) is 96.4 cm³/mol. The van der Waals surface area contributed by atoms with Crippen LogP contribution in [-0.4, -0.2) is 65.9 Å². The molecule has 2 aromatic rings. The molecule has 1 unspecified atom stereocenters. The third-order valence-corrected chi connectivity index (χ3v) is 5.29. The average Bonchev–Trinajstić information content (AvgIpc) is 3.12. The Morgan fingerprint density at radius 2 is 1.80 bits per heavy atom. The number of carbonyl (C=O) groups is 2. The number of aromatic nitrogens is 1. The van der Waals surface area contributed by atoms with Gasteiger partial charge in [0, 0.05) is 43.6 Å².